The molecule has 3 aromatic rings. The van der Waals surface area contributed by atoms with E-state index in [1.165, 1.54) is 16.8 Å². The number of ether oxygens (including phenoxy) is 2. The van der Waals surface area contributed by atoms with E-state index in [9.17, 15) is 22.6 Å². The summed E-state index contributed by atoms with van der Waals surface area (Å²) in [6, 6.07) is 12.1. The number of para-hydroxylation sites is 1. The molecule has 0 aliphatic heterocycles. The largest absolute Gasteiger partial charge is 0.465 e. The number of anilines is 1. The summed E-state index contributed by atoms with van der Waals surface area (Å²) in [5, 5.41) is 4.37. The number of nitrogen functional groups attached to an aromatic ring is 1. The summed E-state index contributed by atoms with van der Waals surface area (Å²) >= 11 is 0. The fourth-order valence-corrected chi connectivity index (χ4v) is 3.48. The number of carbonyl (C=O) groups excluding carboxylic acids is 2. The third-order valence-corrected chi connectivity index (χ3v) is 5.14. The van der Waals surface area contributed by atoms with Gasteiger partial charge in [-0.05, 0) is 24.3 Å². The van der Waals surface area contributed by atoms with E-state index >= 15 is 0 Å². The second-order valence-electron chi connectivity index (χ2n) is 6.03. The maximum absolute atomic E-state index is 12.6. The number of esters is 2. The maximum Gasteiger partial charge on any atom is 0.357 e. The topological polar surface area (TPSA) is 151 Å². The Labute approximate surface area is 171 Å². The highest BCUT2D eigenvalue weighted by atomic mass is 32.2. The first kappa shape index (κ1) is 21.0. The fraction of sp³-hybridized carbons (Fsp3) is 0.105. The Kier molecular flexibility index (Phi) is 5.58. The SMILES string of the molecule is COC(=O)c1c(-c2ccc(S(=O)(=O)O)c(N)c2)nn(-c2ccccc2)c1C(=O)OC. The van der Waals surface area contributed by atoms with Gasteiger partial charge in [-0.25, -0.2) is 14.3 Å². The molecule has 0 saturated carbocycles. The first-order chi connectivity index (χ1) is 14.2. The van der Waals surface area contributed by atoms with Crippen LogP contribution in [0.1, 0.15) is 20.8 Å². The standard InChI is InChI=1S/C19H17N3O7S/c1-28-18(23)15-16(11-8-9-14(13(20)10-11)30(25,26)27)21-22(17(15)19(24)29-2)12-6-4-3-5-7-12/h3-10H,20H2,1-2H3,(H,25,26,27). The van der Waals surface area contributed by atoms with E-state index in [0.717, 1.165) is 20.3 Å². The van der Waals surface area contributed by atoms with Gasteiger partial charge in [0.25, 0.3) is 10.1 Å². The van der Waals surface area contributed by atoms with Gasteiger partial charge in [0.05, 0.1) is 25.6 Å². The molecule has 30 heavy (non-hydrogen) atoms. The highest BCUT2D eigenvalue weighted by molar-refractivity contribution is 7.86. The molecule has 1 aromatic heterocycles. The van der Waals surface area contributed by atoms with Gasteiger partial charge < -0.3 is 15.2 Å². The average Bonchev–Trinajstić information content (AvgIpc) is 3.13. The minimum Gasteiger partial charge on any atom is -0.465 e. The molecule has 1 heterocycles. The van der Waals surface area contributed by atoms with Crippen molar-refractivity contribution in [2.45, 2.75) is 4.90 Å². The van der Waals surface area contributed by atoms with Crippen LogP contribution in [0.3, 0.4) is 0 Å². The van der Waals surface area contributed by atoms with Crippen LogP contribution in [0.5, 0.6) is 0 Å². The fourth-order valence-electron chi connectivity index (χ4n) is 2.89. The third kappa shape index (κ3) is 3.75. The van der Waals surface area contributed by atoms with Gasteiger partial charge in [-0.1, -0.05) is 24.3 Å². The second kappa shape index (κ2) is 7.97. The molecule has 0 spiro atoms. The smallest absolute Gasteiger partial charge is 0.357 e. The number of benzene rings is 2. The normalized spacial score (nSPS) is 11.2. The number of hydrogen-bond acceptors (Lipinski definition) is 8. The Bertz CT molecular complexity index is 1230. The first-order valence-electron chi connectivity index (χ1n) is 8.41. The number of methoxy groups -OCH3 is 2. The molecule has 0 atom stereocenters. The maximum atomic E-state index is 12.6. The molecule has 156 valence electrons. The molecule has 0 aliphatic rings. The van der Waals surface area contributed by atoms with Gasteiger partial charge in [-0.2, -0.15) is 13.5 Å². The van der Waals surface area contributed by atoms with Crippen LogP contribution in [-0.4, -0.2) is 48.9 Å². The van der Waals surface area contributed by atoms with Crippen molar-refractivity contribution >= 4 is 27.7 Å². The van der Waals surface area contributed by atoms with E-state index in [2.05, 4.69) is 5.10 Å². The lowest BCUT2D eigenvalue weighted by molar-refractivity contribution is 0.0549. The van der Waals surface area contributed by atoms with Crippen molar-refractivity contribution in [1.82, 2.24) is 9.78 Å². The van der Waals surface area contributed by atoms with Crippen molar-refractivity contribution in [3.63, 3.8) is 0 Å². The lowest BCUT2D eigenvalue weighted by Crippen LogP contribution is -2.15. The zero-order valence-corrected chi connectivity index (χ0v) is 16.7. The average molecular weight is 431 g/mol. The summed E-state index contributed by atoms with van der Waals surface area (Å²) in [7, 11) is -2.24. The summed E-state index contributed by atoms with van der Waals surface area (Å²) in [4.78, 5) is 24.6. The van der Waals surface area contributed by atoms with E-state index < -0.39 is 27.0 Å². The molecule has 0 bridgehead atoms. The van der Waals surface area contributed by atoms with Crippen LogP contribution in [0.25, 0.3) is 16.9 Å². The summed E-state index contributed by atoms with van der Waals surface area (Å²) in [6.45, 7) is 0. The number of nitrogens with zero attached hydrogens (tertiary/aromatic N) is 2. The molecule has 0 amide bonds. The zero-order chi connectivity index (χ0) is 22.1. The highest BCUT2D eigenvalue weighted by Gasteiger charge is 2.31. The Morgan fingerprint density at radius 3 is 2.20 bits per heavy atom. The molecule has 0 fully saturated rings. The monoisotopic (exact) mass is 431 g/mol. The Balaban J connectivity index is 2.35. The molecule has 0 radical (unpaired) electrons. The Hall–Kier alpha value is -3.70. The van der Waals surface area contributed by atoms with Gasteiger partial charge in [-0.15, -0.1) is 0 Å². The lowest BCUT2D eigenvalue weighted by Gasteiger charge is -2.07. The summed E-state index contributed by atoms with van der Waals surface area (Å²) in [5.74, 6) is -1.69. The lowest BCUT2D eigenvalue weighted by atomic mass is 10.0. The zero-order valence-electron chi connectivity index (χ0n) is 15.9. The van der Waals surface area contributed by atoms with E-state index in [-0.39, 0.29) is 28.2 Å². The Morgan fingerprint density at radius 1 is 1.03 bits per heavy atom. The van der Waals surface area contributed by atoms with Gasteiger partial charge in [0.15, 0.2) is 5.69 Å². The van der Waals surface area contributed by atoms with Crippen molar-refractivity contribution in [2.24, 2.45) is 0 Å². The van der Waals surface area contributed by atoms with Crippen LogP contribution < -0.4 is 5.73 Å². The van der Waals surface area contributed by atoms with E-state index in [4.69, 9.17) is 15.2 Å². The second-order valence-corrected chi connectivity index (χ2v) is 7.42. The molecular formula is C19H17N3O7S. The van der Waals surface area contributed by atoms with Crippen molar-refractivity contribution in [3.8, 4) is 16.9 Å². The molecular weight excluding hydrogens is 414 g/mol. The predicted molar refractivity (Wildman–Crippen MR) is 106 cm³/mol. The summed E-state index contributed by atoms with van der Waals surface area (Å²) in [5.41, 5.74) is 5.84. The number of aromatic nitrogens is 2. The van der Waals surface area contributed by atoms with Crippen LogP contribution in [-0.2, 0) is 19.6 Å². The van der Waals surface area contributed by atoms with E-state index in [0.29, 0.717) is 5.69 Å². The number of nitrogens with two attached hydrogens (primary N) is 1. The molecule has 0 saturated heterocycles. The van der Waals surface area contributed by atoms with Gasteiger partial charge in [0.1, 0.15) is 16.2 Å². The van der Waals surface area contributed by atoms with Gasteiger partial charge in [0.2, 0.25) is 0 Å². The van der Waals surface area contributed by atoms with Crippen molar-refractivity contribution in [3.05, 3.63) is 59.8 Å². The van der Waals surface area contributed by atoms with E-state index in [1.807, 2.05) is 0 Å². The van der Waals surface area contributed by atoms with Crippen LogP contribution in [0.15, 0.2) is 53.4 Å². The Morgan fingerprint density at radius 2 is 1.67 bits per heavy atom. The van der Waals surface area contributed by atoms with Crippen LogP contribution >= 0.6 is 0 Å². The van der Waals surface area contributed by atoms with Crippen LogP contribution in [0, 0.1) is 0 Å². The van der Waals surface area contributed by atoms with Gasteiger partial charge in [0, 0.05) is 5.56 Å². The number of rotatable bonds is 5. The third-order valence-electron chi connectivity index (χ3n) is 4.22. The van der Waals surface area contributed by atoms with Crippen molar-refractivity contribution in [1.29, 1.82) is 0 Å². The molecule has 10 nitrogen and oxygen atoms in total. The quantitative estimate of drug-likeness (QED) is 0.351. The highest BCUT2D eigenvalue weighted by Crippen LogP contribution is 2.32. The van der Waals surface area contributed by atoms with Crippen LogP contribution in [0.2, 0.25) is 0 Å². The van der Waals surface area contributed by atoms with E-state index in [1.54, 1.807) is 30.3 Å². The molecule has 2 aromatic carbocycles. The number of hydrogen-bond donors (Lipinski definition) is 2. The molecule has 11 heteroatoms. The van der Waals surface area contributed by atoms with Crippen molar-refractivity contribution < 1.29 is 32.0 Å². The molecule has 3 N–H and O–H groups in total. The molecule has 3 rings (SSSR count). The minimum absolute atomic E-state index is 0.0136. The number of carbonyl (C=O) groups is 2. The summed E-state index contributed by atoms with van der Waals surface area (Å²) < 4.78 is 43.0. The molecule has 0 unspecified atom stereocenters. The van der Waals surface area contributed by atoms with Gasteiger partial charge in [-0.3, -0.25) is 4.55 Å². The predicted octanol–water partition coefficient (Wildman–Crippen LogP) is 1.94. The first-order valence-corrected chi connectivity index (χ1v) is 9.85. The van der Waals surface area contributed by atoms with Crippen LogP contribution in [0.4, 0.5) is 5.69 Å². The molecule has 0 aliphatic carbocycles. The minimum atomic E-state index is -4.54. The summed E-state index contributed by atoms with van der Waals surface area (Å²) in [6.07, 6.45) is 0. The van der Waals surface area contributed by atoms with Gasteiger partial charge >= 0.3 is 11.9 Å². The van der Waals surface area contributed by atoms with Crippen molar-refractivity contribution in [2.75, 3.05) is 20.0 Å².